The molecule has 0 spiro atoms. The van der Waals surface area contributed by atoms with Crippen molar-refractivity contribution in [1.29, 1.82) is 0 Å². The molecular weight excluding hydrogens is 244 g/mol. The second-order valence-corrected chi connectivity index (χ2v) is 4.35. The van der Waals surface area contributed by atoms with Gasteiger partial charge in [-0.1, -0.05) is 19.1 Å². The molecule has 0 atom stereocenters. The fraction of sp³-hybridized carbons (Fsp3) is 0.500. The molecule has 0 bridgehead atoms. The van der Waals surface area contributed by atoms with E-state index in [1.807, 2.05) is 31.2 Å². The van der Waals surface area contributed by atoms with E-state index in [4.69, 9.17) is 9.47 Å². The zero-order valence-electron chi connectivity index (χ0n) is 11.1. The van der Waals surface area contributed by atoms with E-state index >= 15 is 0 Å². The number of hydrogen-bond acceptors (Lipinski definition) is 4. The number of nitrogens with one attached hydrogen (secondary N) is 2. The highest BCUT2D eigenvalue weighted by molar-refractivity contribution is 5.90. The summed E-state index contributed by atoms with van der Waals surface area (Å²) in [5.74, 6) is 0.0158. The minimum atomic E-state index is -0.265. The van der Waals surface area contributed by atoms with Crippen LogP contribution in [-0.4, -0.2) is 32.2 Å². The van der Waals surface area contributed by atoms with Crippen LogP contribution >= 0.6 is 0 Å². The summed E-state index contributed by atoms with van der Waals surface area (Å²) >= 11 is 0. The molecule has 1 aliphatic rings. The van der Waals surface area contributed by atoms with Gasteiger partial charge in [-0.3, -0.25) is 4.79 Å². The Labute approximate surface area is 113 Å². The van der Waals surface area contributed by atoms with Crippen LogP contribution in [0.25, 0.3) is 0 Å². The summed E-state index contributed by atoms with van der Waals surface area (Å²) in [5, 5.41) is 5.98. The van der Waals surface area contributed by atoms with Gasteiger partial charge in [0.1, 0.15) is 0 Å². The maximum Gasteiger partial charge on any atom is 0.225 e. The van der Waals surface area contributed by atoms with E-state index in [9.17, 15) is 4.79 Å². The van der Waals surface area contributed by atoms with Gasteiger partial charge in [-0.25, -0.2) is 0 Å². The van der Waals surface area contributed by atoms with Crippen LogP contribution in [0.3, 0.4) is 0 Å². The Morgan fingerprint density at radius 2 is 1.95 bits per heavy atom. The molecule has 0 aliphatic carbocycles. The van der Waals surface area contributed by atoms with Crippen LogP contribution < -0.4 is 10.6 Å². The molecule has 104 valence electrons. The van der Waals surface area contributed by atoms with Gasteiger partial charge in [0.15, 0.2) is 6.29 Å². The highest BCUT2D eigenvalue weighted by atomic mass is 16.7. The SMILES string of the molecule is CCNCCC(=O)Nc1ccc(C2OCCO2)cc1. The Balaban J connectivity index is 1.82. The maximum atomic E-state index is 11.6. The molecule has 1 heterocycles. The Morgan fingerprint density at radius 3 is 2.58 bits per heavy atom. The van der Waals surface area contributed by atoms with Crippen molar-refractivity contribution in [3.8, 4) is 0 Å². The molecule has 1 fully saturated rings. The predicted molar refractivity (Wildman–Crippen MR) is 72.9 cm³/mol. The third-order valence-corrected chi connectivity index (χ3v) is 2.87. The van der Waals surface area contributed by atoms with Crippen LogP contribution in [0.2, 0.25) is 0 Å². The van der Waals surface area contributed by atoms with E-state index in [-0.39, 0.29) is 12.2 Å². The van der Waals surface area contributed by atoms with Crippen molar-refractivity contribution in [3.63, 3.8) is 0 Å². The van der Waals surface area contributed by atoms with E-state index in [1.165, 1.54) is 0 Å². The molecule has 1 aromatic rings. The summed E-state index contributed by atoms with van der Waals surface area (Å²) in [7, 11) is 0. The first-order chi connectivity index (χ1) is 9.29. The molecule has 1 amide bonds. The largest absolute Gasteiger partial charge is 0.346 e. The van der Waals surface area contributed by atoms with Gasteiger partial charge in [0, 0.05) is 24.2 Å². The van der Waals surface area contributed by atoms with Crippen molar-refractivity contribution in [3.05, 3.63) is 29.8 Å². The predicted octanol–water partition coefficient (Wildman–Crippen LogP) is 1.67. The Bertz CT molecular complexity index is 400. The number of amides is 1. The fourth-order valence-corrected chi connectivity index (χ4v) is 1.88. The maximum absolute atomic E-state index is 11.6. The average molecular weight is 264 g/mol. The molecule has 1 aromatic carbocycles. The zero-order valence-corrected chi connectivity index (χ0v) is 11.1. The van der Waals surface area contributed by atoms with Gasteiger partial charge in [0.25, 0.3) is 0 Å². The second-order valence-electron chi connectivity index (χ2n) is 4.35. The summed E-state index contributed by atoms with van der Waals surface area (Å²) in [6.45, 7) is 4.86. The highest BCUT2D eigenvalue weighted by Gasteiger charge is 2.17. The minimum absolute atomic E-state index is 0.0158. The van der Waals surface area contributed by atoms with Crippen molar-refractivity contribution >= 4 is 11.6 Å². The Hall–Kier alpha value is -1.43. The van der Waals surface area contributed by atoms with E-state index in [0.717, 1.165) is 17.8 Å². The normalized spacial score (nSPS) is 15.6. The molecular formula is C14H20N2O3. The van der Waals surface area contributed by atoms with Gasteiger partial charge in [-0.15, -0.1) is 0 Å². The number of carbonyl (C=O) groups excluding carboxylic acids is 1. The summed E-state index contributed by atoms with van der Waals surface area (Å²) in [4.78, 5) is 11.6. The van der Waals surface area contributed by atoms with E-state index in [2.05, 4.69) is 10.6 Å². The Morgan fingerprint density at radius 1 is 1.26 bits per heavy atom. The van der Waals surface area contributed by atoms with Crippen LogP contribution in [-0.2, 0) is 14.3 Å². The zero-order chi connectivity index (χ0) is 13.5. The van der Waals surface area contributed by atoms with Gasteiger partial charge in [0.2, 0.25) is 5.91 Å². The molecule has 5 nitrogen and oxygen atoms in total. The quantitative estimate of drug-likeness (QED) is 0.767. The van der Waals surface area contributed by atoms with Crippen LogP contribution in [0.4, 0.5) is 5.69 Å². The average Bonchev–Trinajstić information content (AvgIpc) is 2.94. The van der Waals surface area contributed by atoms with Crippen molar-refractivity contribution < 1.29 is 14.3 Å². The lowest BCUT2D eigenvalue weighted by Crippen LogP contribution is -2.21. The third kappa shape index (κ3) is 4.31. The molecule has 19 heavy (non-hydrogen) atoms. The molecule has 0 unspecified atom stereocenters. The molecule has 2 N–H and O–H groups in total. The smallest absolute Gasteiger partial charge is 0.225 e. The number of carbonyl (C=O) groups is 1. The molecule has 1 aliphatic heterocycles. The molecule has 0 aromatic heterocycles. The van der Waals surface area contributed by atoms with Crippen molar-refractivity contribution in [2.75, 3.05) is 31.6 Å². The lowest BCUT2D eigenvalue weighted by Gasteiger charge is -2.10. The Kier molecular flexibility index (Phi) is 5.32. The topological polar surface area (TPSA) is 59.6 Å². The number of anilines is 1. The molecule has 5 heteroatoms. The fourth-order valence-electron chi connectivity index (χ4n) is 1.88. The summed E-state index contributed by atoms with van der Waals surface area (Å²) < 4.78 is 10.8. The van der Waals surface area contributed by atoms with Crippen molar-refractivity contribution in [2.24, 2.45) is 0 Å². The van der Waals surface area contributed by atoms with Gasteiger partial charge >= 0.3 is 0 Å². The molecule has 0 saturated carbocycles. The lowest BCUT2D eigenvalue weighted by molar-refractivity contribution is -0.116. The van der Waals surface area contributed by atoms with Gasteiger partial charge in [0.05, 0.1) is 13.2 Å². The van der Waals surface area contributed by atoms with Gasteiger partial charge in [-0.2, -0.15) is 0 Å². The highest BCUT2D eigenvalue weighted by Crippen LogP contribution is 2.24. The van der Waals surface area contributed by atoms with Crippen molar-refractivity contribution in [1.82, 2.24) is 5.32 Å². The number of benzene rings is 1. The summed E-state index contributed by atoms with van der Waals surface area (Å²) in [5.41, 5.74) is 1.77. The summed E-state index contributed by atoms with van der Waals surface area (Å²) in [6, 6.07) is 7.56. The molecule has 1 saturated heterocycles. The lowest BCUT2D eigenvalue weighted by atomic mass is 10.2. The van der Waals surface area contributed by atoms with E-state index in [0.29, 0.717) is 26.2 Å². The standard InChI is InChI=1S/C14H20N2O3/c1-2-15-8-7-13(17)16-12-5-3-11(4-6-12)14-18-9-10-19-14/h3-6,14-15H,2,7-10H2,1H3,(H,16,17). The number of ether oxygens (including phenoxy) is 2. The minimum Gasteiger partial charge on any atom is -0.346 e. The van der Waals surface area contributed by atoms with Crippen LogP contribution in [0.15, 0.2) is 24.3 Å². The van der Waals surface area contributed by atoms with Gasteiger partial charge in [-0.05, 0) is 18.7 Å². The second kappa shape index (κ2) is 7.23. The molecule has 0 radical (unpaired) electrons. The monoisotopic (exact) mass is 264 g/mol. The molecule has 2 rings (SSSR count). The van der Waals surface area contributed by atoms with E-state index < -0.39 is 0 Å². The first-order valence-electron chi connectivity index (χ1n) is 6.63. The number of hydrogen-bond donors (Lipinski definition) is 2. The third-order valence-electron chi connectivity index (χ3n) is 2.87. The summed E-state index contributed by atoms with van der Waals surface area (Å²) in [6.07, 6.45) is 0.211. The van der Waals surface area contributed by atoms with E-state index in [1.54, 1.807) is 0 Å². The first-order valence-corrected chi connectivity index (χ1v) is 6.63. The van der Waals surface area contributed by atoms with Crippen LogP contribution in [0.5, 0.6) is 0 Å². The van der Waals surface area contributed by atoms with Crippen molar-refractivity contribution in [2.45, 2.75) is 19.6 Å². The van der Waals surface area contributed by atoms with Gasteiger partial charge < -0.3 is 20.1 Å². The first kappa shape index (κ1) is 14.0. The van der Waals surface area contributed by atoms with Crippen LogP contribution in [0, 0.1) is 0 Å². The number of rotatable bonds is 6. The van der Waals surface area contributed by atoms with Crippen LogP contribution in [0.1, 0.15) is 25.2 Å².